The van der Waals surface area contributed by atoms with E-state index in [1.54, 1.807) is 18.2 Å². The fraction of sp³-hybridized carbons (Fsp3) is 0.462. The molecule has 0 aromatic carbocycles. The molecule has 18 heavy (non-hydrogen) atoms. The number of aliphatic hydroxyl groups excluding tert-OH is 1. The molecule has 5 heteroatoms. The van der Waals surface area contributed by atoms with Crippen LogP contribution in [0.4, 0.5) is 0 Å². The summed E-state index contributed by atoms with van der Waals surface area (Å²) >= 11 is 3.19. The van der Waals surface area contributed by atoms with Crippen molar-refractivity contribution in [2.45, 2.75) is 32.4 Å². The number of aliphatic hydroxyl groups is 1. The van der Waals surface area contributed by atoms with Crippen LogP contribution in [-0.4, -0.2) is 23.2 Å². The maximum Gasteiger partial charge on any atom is 0.244 e. The van der Waals surface area contributed by atoms with Crippen molar-refractivity contribution in [1.82, 2.24) is 5.32 Å². The lowest BCUT2D eigenvalue weighted by atomic mass is 9.64. The van der Waals surface area contributed by atoms with E-state index >= 15 is 0 Å². The van der Waals surface area contributed by atoms with E-state index in [0.717, 1.165) is 0 Å². The Morgan fingerprint density at radius 1 is 1.61 bits per heavy atom. The molecule has 98 valence electrons. The number of amides is 1. The molecule has 0 bridgehead atoms. The Hall–Kier alpha value is -1.07. The third-order valence-corrected chi connectivity index (χ3v) is 3.95. The highest BCUT2D eigenvalue weighted by atomic mass is 79.9. The van der Waals surface area contributed by atoms with Crippen molar-refractivity contribution >= 4 is 27.9 Å². The number of furan rings is 1. The molecule has 1 amide bonds. The number of carbonyl (C=O) groups excluding carboxylic acids is 1. The van der Waals surface area contributed by atoms with Crippen LogP contribution in [-0.2, 0) is 4.79 Å². The summed E-state index contributed by atoms with van der Waals surface area (Å²) in [5.74, 6) is 0.442. The van der Waals surface area contributed by atoms with Crippen molar-refractivity contribution in [1.29, 1.82) is 0 Å². The van der Waals surface area contributed by atoms with Crippen LogP contribution in [0.15, 0.2) is 27.3 Å². The van der Waals surface area contributed by atoms with E-state index < -0.39 is 0 Å². The van der Waals surface area contributed by atoms with Gasteiger partial charge in [0, 0.05) is 17.5 Å². The van der Waals surface area contributed by atoms with Gasteiger partial charge in [-0.15, -0.1) is 0 Å². The fourth-order valence-corrected chi connectivity index (χ4v) is 2.26. The second-order valence-corrected chi connectivity index (χ2v) is 5.89. The first-order valence-electron chi connectivity index (χ1n) is 5.81. The number of hydrogen-bond donors (Lipinski definition) is 2. The number of carbonyl (C=O) groups is 1. The second kappa shape index (κ2) is 4.90. The molecule has 1 saturated carbocycles. The highest BCUT2D eigenvalue weighted by Gasteiger charge is 2.47. The first-order valence-corrected chi connectivity index (χ1v) is 6.61. The minimum absolute atomic E-state index is 0.0213. The Bertz CT molecular complexity index is 478. The first kappa shape index (κ1) is 13.4. The molecular formula is C13H16BrNO3. The van der Waals surface area contributed by atoms with Gasteiger partial charge in [0.05, 0.1) is 6.10 Å². The molecule has 1 aliphatic rings. The molecule has 2 N–H and O–H groups in total. The molecular weight excluding hydrogens is 298 g/mol. The standard InChI is InChI=1S/C13H16BrNO3/c1-13(2)9(7-10(13)16)15-12(17)6-4-8-3-5-11(14)18-8/h3-6,9-10,16H,7H2,1-2H3,(H,15,17)/b6-4+. The Balaban J connectivity index is 1.88. The third-order valence-electron chi connectivity index (χ3n) is 3.53. The van der Waals surface area contributed by atoms with Crippen molar-refractivity contribution in [2.75, 3.05) is 0 Å². The average Bonchev–Trinajstić information content (AvgIpc) is 2.72. The molecule has 0 radical (unpaired) electrons. The van der Waals surface area contributed by atoms with Crippen LogP contribution >= 0.6 is 15.9 Å². The quantitative estimate of drug-likeness (QED) is 0.842. The number of rotatable bonds is 3. The Kier molecular flexibility index (Phi) is 3.64. The summed E-state index contributed by atoms with van der Waals surface area (Å²) < 4.78 is 5.88. The zero-order chi connectivity index (χ0) is 13.3. The van der Waals surface area contributed by atoms with E-state index in [2.05, 4.69) is 21.2 Å². The highest BCUT2D eigenvalue weighted by molar-refractivity contribution is 9.10. The van der Waals surface area contributed by atoms with E-state index in [0.29, 0.717) is 16.9 Å². The topological polar surface area (TPSA) is 62.5 Å². The molecule has 0 spiro atoms. The molecule has 2 unspecified atom stereocenters. The smallest absolute Gasteiger partial charge is 0.244 e. The third kappa shape index (κ3) is 2.67. The Labute approximate surface area is 114 Å². The predicted octanol–water partition coefficient (Wildman–Crippen LogP) is 2.33. The first-order chi connectivity index (χ1) is 8.39. The lowest BCUT2D eigenvalue weighted by Gasteiger charge is -2.49. The molecule has 1 aromatic rings. The number of hydrogen-bond acceptors (Lipinski definition) is 3. The summed E-state index contributed by atoms with van der Waals surface area (Å²) in [6.07, 6.45) is 3.32. The van der Waals surface area contributed by atoms with Gasteiger partial charge < -0.3 is 14.8 Å². The van der Waals surface area contributed by atoms with E-state index in [4.69, 9.17) is 4.42 Å². The molecule has 2 rings (SSSR count). The summed E-state index contributed by atoms with van der Waals surface area (Å²) in [6, 6.07) is 3.56. The van der Waals surface area contributed by atoms with Gasteiger partial charge in [0.15, 0.2) is 4.67 Å². The molecule has 0 aliphatic heterocycles. The summed E-state index contributed by atoms with van der Waals surface area (Å²) in [5, 5.41) is 12.5. The summed E-state index contributed by atoms with van der Waals surface area (Å²) in [4.78, 5) is 11.7. The average molecular weight is 314 g/mol. The van der Waals surface area contributed by atoms with Gasteiger partial charge in [0.25, 0.3) is 0 Å². The number of halogens is 1. The van der Waals surface area contributed by atoms with Crippen LogP contribution in [0.5, 0.6) is 0 Å². The van der Waals surface area contributed by atoms with E-state index in [1.165, 1.54) is 6.08 Å². The summed E-state index contributed by atoms with van der Waals surface area (Å²) in [6.45, 7) is 3.89. The van der Waals surface area contributed by atoms with Crippen LogP contribution in [0.25, 0.3) is 6.08 Å². The van der Waals surface area contributed by atoms with Gasteiger partial charge in [-0.2, -0.15) is 0 Å². The SMILES string of the molecule is CC1(C)C(O)CC1NC(=O)/C=C/c1ccc(Br)o1. The van der Waals surface area contributed by atoms with Crippen molar-refractivity contribution in [3.8, 4) is 0 Å². The Morgan fingerprint density at radius 2 is 2.33 bits per heavy atom. The van der Waals surface area contributed by atoms with E-state index in [9.17, 15) is 9.90 Å². The van der Waals surface area contributed by atoms with Crippen LogP contribution < -0.4 is 5.32 Å². The van der Waals surface area contributed by atoms with Crippen LogP contribution in [0, 0.1) is 5.41 Å². The number of nitrogens with one attached hydrogen (secondary N) is 1. The van der Waals surface area contributed by atoms with Crippen molar-refractivity contribution in [3.63, 3.8) is 0 Å². The van der Waals surface area contributed by atoms with Crippen LogP contribution in [0.3, 0.4) is 0 Å². The maximum atomic E-state index is 11.7. The van der Waals surface area contributed by atoms with Gasteiger partial charge in [0.2, 0.25) is 5.91 Å². The molecule has 1 fully saturated rings. The van der Waals surface area contributed by atoms with Gasteiger partial charge in [-0.25, -0.2) is 0 Å². The van der Waals surface area contributed by atoms with Gasteiger partial charge in [0.1, 0.15) is 5.76 Å². The van der Waals surface area contributed by atoms with Gasteiger partial charge >= 0.3 is 0 Å². The minimum Gasteiger partial charge on any atom is -0.450 e. The summed E-state index contributed by atoms with van der Waals surface area (Å²) in [7, 11) is 0. The summed E-state index contributed by atoms with van der Waals surface area (Å²) in [5.41, 5.74) is -0.253. The van der Waals surface area contributed by atoms with Gasteiger partial charge in [-0.3, -0.25) is 4.79 Å². The van der Waals surface area contributed by atoms with Crippen molar-refractivity contribution < 1.29 is 14.3 Å². The maximum absolute atomic E-state index is 11.7. The zero-order valence-electron chi connectivity index (χ0n) is 10.3. The molecule has 1 aromatic heterocycles. The van der Waals surface area contributed by atoms with Crippen molar-refractivity contribution in [2.24, 2.45) is 5.41 Å². The molecule has 2 atom stereocenters. The zero-order valence-corrected chi connectivity index (χ0v) is 11.9. The highest BCUT2D eigenvalue weighted by Crippen LogP contribution is 2.40. The fourth-order valence-electron chi connectivity index (χ4n) is 1.94. The predicted molar refractivity (Wildman–Crippen MR) is 71.8 cm³/mol. The van der Waals surface area contributed by atoms with E-state index in [-0.39, 0.29) is 23.5 Å². The lowest BCUT2D eigenvalue weighted by molar-refractivity contribution is -0.124. The monoisotopic (exact) mass is 313 g/mol. The lowest BCUT2D eigenvalue weighted by Crippen LogP contribution is -2.60. The van der Waals surface area contributed by atoms with E-state index in [1.807, 2.05) is 13.8 Å². The van der Waals surface area contributed by atoms with Gasteiger partial charge in [-0.05, 0) is 40.6 Å². The largest absolute Gasteiger partial charge is 0.450 e. The molecule has 4 nitrogen and oxygen atoms in total. The second-order valence-electron chi connectivity index (χ2n) is 5.11. The minimum atomic E-state index is -0.340. The molecule has 1 heterocycles. The molecule has 1 aliphatic carbocycles. The Morgan fingerprint density at radius 3 is 2.83 bits per heavy atom. The molecule has 0 saturated heterocycles. The van der Waals surface area contributed by atoms with Crippen LogP contribution in [0.1, 0.15) is 26.0 Å². The van der Waals surface area contributed by atoms with Gasteiger partial charge in [-0.1, -0.05) is 13.8 Å². The normalized spacial score (nSPS) is 26.0. The van der Waals surface area contributed by atoms with Crippen molar-refractivity contribution in [3.05, 3.63) is 28.6 Å². The van der Waals surface area contributed by atoms with Crippen LogP contribution in [0.2, 0.25) is 0 Å².